The minimum absolute atomic E-state index is 0.0686. The van der Waals surface area contributed by atoms with Crippen LogP contribution in [-0.2, 0) is 28.7 Å². The average Bonchev–Trinajstić information content (AvgIpc) is 2.95. The molecule has 3 atom stereocenters. The van der Waals surface area contributed by atoms with E-state index in [2.05, 4.69) is 6.08 Å². The van der Waals surface area contributed by atoms with Crippen molar-refractivity contribution in [2.75, 3.05) is 0 Å². The molecule has 0 heterocycles. The van der Waals surface area contributed by atoms with Crippen LogP contribution in [-0.4, -0.2) is 35.3 Å². The van der Waals surface area contributed by atoms with Gasteiger partial charge in [0.1, 0.15) is 11.3 Å². The normalized spacial score (nSPS) is 22.7. The van der Waals surface area contributed by atoms with E-state index in [-0.39, 0.29) is 53.8 Å². The fourth-order valence-electron chi connectivity index (χ4n) is 6.93. The van der Waals surface area contributed by atoms with Crippen LogP contribution >= 0.6 is 0 Å². The molecule has 48 heavy (non-hydrogen) atoms. The maximum absolute atomic E-state index is 15.3. The molecular weight excluding hydrogens is 612 g/mol. The smallest absolute Gasteiger partial charge is 0.308 e. The zero-order valence-electron chi connectivity index (χ0n) is 30.0. The van der Waals surface area contributed by atoms with E-state index in [0.717, 1.165) is 23.6 Å². The minimum Gasteiger partial charge on any atom is -0.429 e. The summed E-state index contributed by atoms with van der Waals surface area (Å²) in [5.41, 5.74) is -1.66. The molecule has 2 bridgehead atoms. The summed E-state index contributed by atoms with van der Waals surface area (Å²) in [5.74, 6) is -4.86. The molecule has 1 aromatic carbocycles. The van der Waals surface area contributed by atoms with Gasteiger partial charge in [-0.05, 0) is 96.8 Å². The van der Waals surface area contributed by atoms with E-state index in [1.165, 1.54) is 32.0 Å². The second-order valence-corrected chi connectivity index (χ2v) is 14.2. The molecular formula is C39H48O9. The summed E-state index contributed by atoms with van der Waals surface area (Å²) < 4.78 is 16.4. The highest BCUT2D eigenvalue weighted by Crippen LogP contribution is 2.67. The van der Waals surface area contributed by atoms with Gasteiger partial charge < -0.3 is 14.2 Å². The third kappa shape index (κ3) is 7.20. The Kier molecular flexibility index (Phi) is 11.4. The van der Waals surface area contributed by atoms with E-state index in [9.17, 15) is 19.2 Å². The van der Waals surface area contributed by atoms with E-state index >= 15 is 9.59 Å². The van der Waals surface area contributed by atoms with Crippen molar-refractivity contribution < 1.29 is 43.0 Å². The number of allylic oxidation sites excluding steroid dienone is 8. The molecule has 1 fully saturated rings. The average molecular weight is 661 g/mol. The number of fused-ring (bicyclic) bond motifs is 2. The number of rotatable bonds is 11. The Hall–Kier alpha value is -4.40. The molecule has 0 saturated heterocycles. The second-order valence-electron chi connectivity index (χ2n) is 14.2. The lowest BCUT2D eigenvalue weighted by Gasteiger charge is -2.60. The Balaban J connectivity index is 2.54. The first-order valence-corrected chi connectivity index (χ1v) is 16.2. The van der Waals surface area contributed by atoms with Crippen molar-refractivity contribution in [2.24, 2.45) is 22.2 Å². The summed E-state index contributed by atoms with van der Waals surface area (Å²) in [6.45, 7) is 18.9. The van der Waals surface area contributed by atoms with Crippen molar-refractivity contribution >= 4 is 35.3 Å². The quantitative estimate of drug-likeness (QED) is 0.0583. The Labute approximate surface area is 283 Å². The monoisotopic (exact) mass is 660 g/mol. The highest BCUT2D eigenvalue weighted by Gasteiger charge is 2.72. The number of benzene rings is 1. The van der Waals surface area contributed by atoms with Crippen LogP contribution in [0.2, 0.25) is 0 Å². The van der Waals surface area contributed by atoms with Gasteiger partial charge in [-0.25, -0.2) is 0 Å². The molecule has 0 aromatic heterocycles. The largest absolute Gasteiger partial charge is 0.429 e. The maximum atomic E-state index is 15.3. The summed E-state index contributed by atoms with van der Waals surface area (Å²) in [7, 11) is 0. The van der Waals surface area contributed by atoms with Crippen LogP contribution < -0.4 is 9.47 Å². The van der Waals surface area contributed by atoms with E-state index in [0.29, 0.717) is 6.42 Å². The van der Waals surface area contributed by atoms with Gasteiger partial charge in [0.05, 0.1) is 10.8 Å². The highest BCUT2D eigenvalue weighted by molar-refractivity contribution is 6.35. The van der Waals surface area contributed by atoms with Crippen LogP contribution in [0.3, 0.4) is 0 Å². The molecule has 0 aliphatic heterocycles. The van der Waals surface area contributed by atoms with Crippen LogP contribution in [0.5, 0.6) is 11.5 Å². The minimum atomic E-state index is -1.62. The second kappa shape index (κ2) is 14.4. The predicted molar refractivity (Wildman–Crippen MR) is 181 cm³/mol. The fourth-order valence-corrected chi connectivity index (χ4v) is 6.93. The molecule has 0 N–H and O–H groups in total. The summed E-state index contributed by atoms with van der Waals surface area (Å²) in [5, 5.41) is 0. The molecule has 9 nitrogen and oxygen atoms in total. The molecule has 0 unspecified atom stereocenters. The molecule has 3 rings (SSSR count). The number of ketones is 3. The SMILES string of the molecule is CC(=O)OC1=C(C(=O)c2ccc(OC(C)=O)c(OC(C)=O)c2)C(=O)[C@]2(CC=C(C)C)C[C@@H](CC=C(C)C)C(C)(C)[C@@]1(CC=C(C)C)C2=O. The van der Waals surface area contributed by atoms with Crippen molar-refractivity contribution in [1.29, 1.82) is 0 Å². The van der Waals surface area contributed by atoms with E-state index < -0.39 is 51.3 Å². The van der Waals surface area contributed by atoms with Gasteiger partial charge in [0.15, 0.2) is 28.8 Å². The molecule has 0 amide bonds. The molecule has 9 heteroatoms. The van der Waals surface area contributed by atoms with E-state index in [1.807, 2.05) is 67.5 Å². The van der Waals surface area contributed by atoms with Gasteiger partial charge in [-0.3, -0.25) is 28.8 Å². The standard InChI is InChI=1S/C39H48O9/c1-22(2)12-14-29-21-38(18-16-23(3)4)34(44)32(33(43)28-13-15-30(46-25(7)40)31(20-28)47-26(8)41)35(48-27(9)42)39(36(38)45,37(29,10)11)19-17-24(5)6/h12-13,15-17,20,29H,14,18-19,21H2,1-11H3/t29-,38+,39-/m1/s1. The Morgan fingerprint density at radius 2 is 1.25 bits per heavy atom. The summed E-state index contributed by atoms with van der Waals surface area (Å²) in [6.07, 6.45) is 6.76. The van der Waals surface area contributed by atoms with E-state index in [4.69, 9.17) is 14.2 Å². The number of hydrogen-bond donors (Lipinski definition) is 0. The van der Waals surface area contributed by atoms with Gasteiger partial charge in [-0.1, -0.05) is 48.8 Å². The van der Waals surface area contributed by atoms with Crippen molar-refractivity contribution in [3.63, 3.8) is 0 Å². The van der Waals surface area contributed by atoms with Gasteiger partial charge in [0.25, 0.3) is 0 Å². The topological polar surface area (TPSA) is 130 Å². The zero-order chi connectivity index (χ0) is 36.4. The first kappa shape index (κ1) is 38.1. The van der Waals surface area contributed by atoms with Crippen molar-refractivity contribution in [2.45, 2.75) is 102 Å². The van der Waals surface area contributed by atoms with Crippen LogP contribution in [0.15, 0.2) is 64.5 Å². The number of hydrogen-bond acceptors (Lipinski definition) is 9. The molecule has 258 valence electrons. The maximum Gasteiger partial charge on any atom is 0.308 e. The van der Waals surface area contributed by atoms with Gasteiger partial charge in [0, 0.05) is 26.3 Å². The van der Waals surface area contributed by atoms with Crippen molar-refractivity contribution in [1.82, 2.24) is 0 Å². The first-order chi connectivity index (χ1) is 22.2. The van der Waals surface area contributed by atoms with Gasteiger partial charge in [-0.2, -0.15) is 0 Å². The summed E-state index contributed by atoms with van der Waals surface area (Å²) in [4.78, 5) is 81.6. The predicted octanol–water partition coefficient (Wildman–Crippen LogP) is 7.78. The first-order valence-electron chi connectivity index (χ1n) is 16.2. The van der Waals surface area contributed by atoms with E-state index in [1.54, 1.807) is 0 Å². The number of esters is 3. The highest BCUT2D eigenvalue weighted by atomic mass is 16.6. The summed E-state index contributed by atoms with van der Waals surface area (Å²) >= 11 is 0. The Morgan fingerprint density at radius 3 is 1.77 bits per heavy atom. The number of ether oxygens (including phenoxy) is 3. The van der Waals surface area contributed by atoms with Crippen molar-refractivity contribution in [3.8, 4) is 11.5 Å². The molecule has 1 saturated carbocycles. The molecule has 2 aliphatic rings. The van der Waals surface area contributed by atoms with Crippen molar-refractivity contribution in [3.05, 3.63) is 70.0 Å². The molecule has 0 radical (unpaired) electrons. The lowest BCUT2D eigenvalue weighted by Crippen LogP contribution is -2.66. The lowest BCUT2D eigenvalue weighted by molar-refractivity contribution is -0.172. The third-order valence-electron chi connectivity index (χ3n) is 9.49. The molecule has 0 spiro atoms. The van der Waals surface area contributed by atoms with Crippen LogP contribution in [0.4, 0.5) is 0 Å². The zero-order valence-corrected chi connectivity index (χ0v) is 30.0. The third-order valence-corrected chi connectivity index (χ3v) is 9.49. The summed E-state index contributed by atoms with van der Waals surface area (Å²) in [6, 6.07) is 3.82. The van der Waals surface area contributed by atoms with Crippen LogP contribution in [0.1, 0.15) is 112 Å². The lowest BCUT2D eigenvalue weighted by atomic mass is 9.40. The Morgan fingerprint density at radius 1 is 0.729 bits per heavy atom. The number of carbonyl (C=O) groups is 6. The number of carbonyl (C=O) groups excluding carboxylic acids is 6. The van der Waals surface area contributed by atoms with Crippen LogP contribution in [0, 0.1) is 22.2 Å². The van der Waals surface area contributed by atoms with Gasteiger partial charge >= 0.3 is 17.9 Å². The van der Waals surface area contributed by atoms with Gasteiger partial charge in [0.2, 0.25) is 0 Å². The fraction of sp³-hybridized carbons (Fsp3) is 0.487. The molecule has 2 aliphatic carbocycles. The van der Waals surface area contributed by atoms with Crippen LogP contribution in [0.25, 0.3) is 0 Å². The molecule has 1 aromatic rings. The number of Topliss-reactive ketones (excluding diaryl/α,β-unsaturated/α-hetero) is 3. The van der Waals surface area contributed by atoms with Gasteiger partial charge in [-0.15, -0.1) is 0 Å². The Bertz CT molecular complexity index is 1670.